The van der Waals surface area contributed by atoms with E-state index >= 15 is 0 Å². The third kappa shape index (κ3) is 5.58. The second kappa shape index (κ2) is 7.81. The highest BCUT2D eigenvalue weighted by molar-refractivity contribution is 5.29. The zero-order valence-electron chi connectivity index (χ0n) is 12.7. The predicted molar refractivity (Wildman–Crippen MR) is 85.3 cm³/mol. The predicted octanol–water partition coefficient (Wildman–Crippen LogP) is 3.04. The second-order valence-corrected chi connectivity index (χ2v) is 5.40. The van der Waals surface area contributed by atoms with Gasteiger partial charge in [0.25, 0.3) is 0 Å². The maximum Gasteiger partial charge on any atom is 0.120 e. The highest BCUT2D eigenvalue weighted by Gasteiger charge is 2.00. The first-order valence-corrected chi connectivity index (χ1v) is 7.29. The Labute approximate surface area is 126 Å². The summed E-state index contributed by atoms with van der Waals surface area (Å²) in [6, 6.07) is 16.4. The molecule has 0 radical (unpaired) electrons. The van der Waals surface area contributed by atoms with Crippen molar-refractivity contribution in [3.63, 3.8) is 0 Å². The van der Waals surface area contributed by atoms with E-state index in [-0.39, 0.29) is 6.10 Å². The molecule has 2 N–H and O–H groups in total. The standard InChI is InChI=1S/C18H23NO2/c1-14-6-8-16(9-7-14)13-21-18-5-3-4-17(10-18)12-19-11-15(2)20/h3-10,15,19-20H,11-13H2,1-2H3. The fourth-order valence-electron chi connectivity index (χ4n) is 2.02. The second-order valence-electron chi connectivity index (χ2n) is 5.40. The topological polar surface area (TPSA) is 41.5 Å². The lowest BCUT2D eigenvalue weighted by molar-refractivity contribution is 0.191. The van der Waals surface area contributed by atoms with Crippen LogP contribution in [0.2, 0.25) is 0 Å². The maximum atomic E-state index is 9.23. The third-order valence-electron chi connectivity index (χ3n) is 3.19. The molecule has 3 nitrogen and oxygen atoms in total. The van der Waals surface area contributed by atoms with Gasteiger partial charge in [-0.15, -0.1) is 0 Å². The van der Waals surface area contributed by atoms with Crippen LogP contribution in [-0.4, -0.2) is 17.8 Å². The molecule has 0 aliphatic rings. The summed E-state index contributed by atoms with van der Waals surface area (Å²) in [4.78, 5) is 0. The van der Waals surface area contributed by atoms with E-state index in [0.29, 0.717) is 13.2 Å². The Morgan fingerprint density at radius 2 is 1.86 bits per heavy atom. The van der Waals surface area contributed by atoms with Crippen molar-refractivity contribution in [3.05, 3.63) is 65.2 Å². The Kier molecular flexibility index (Phi) is 5.78. The molecule has 0 fully saturated rings. The van der Waals surface area contributed by atoms with Gasteiger partial charge in [0.15, 0.2) is 0 Å². The summed E-state index contributed by atoms with van der Waals surface area (Å²) in [6.07, 6.45) is -0.328. The Morgan fingerprint density at radius 3 is 2.57 bits per heavy atom. The highest BCUT2D eigenvalue weighted by atomic mass is 16.5. The van der Waals surface area contributed by atoms with Gasteiger partial charge in [0.05, 0.1) is 6.10 Å². The van der Waals surface area contributed by atoms with Gasteiger partial charge in [0, 0.05) is 13.1 Å². The molecule has 0 aromatic heterocycles. The first kappa shape index (κ1) is 15.5. The molecule has 2 rings (SSSR count). The molecular formula is C18H23NO2. The van der Waals surface area contributed by atoms with Gasteiger partial charge in [-0.25, -0.2) is 0 Å². The number of aliphatic hydroxyl groups is 1. The summed E-state index contributed by atoms with van der Waals surface area (Å²) < 4.78 is 5.82. The van der Waals surface area contributed by atoms with Crippen molar-refractivity contribution in [3.8, 4) is 5.75 Å². The van der Waals surface area contributed by atoms with Gasteiger partial charge < -0.3 is 15.2 Å². The van der Waals surface area contributed by atoms with Gasteiger partial charge in [-0.05, 0) is 37.1 Å². The molecule has 112 valence electrons. The van der Waals surface area contributed by atoms with E-state index in [9.17, 15) is 5.11 Å². The van der Waals surface area contributed by atoms with Crippen molar-refractivity contribution >= 4 is 0 Å². The molecule has 0 amide bonds. The average Bonchev–Trinajstić information content (AvgIpc) is 2.47. The largest absolute Gasteiger partial charge is 0.489 e. The number of benzene rings is 2. The van der Waals surface area contributed by atoms with E-state index < -0.39 is 0 Å². The van der Waals surface area contributed by atoms with Crippen LogP contribution in [0.25, 0.3) is 0 Å². The Morgan fingerprint density at radius 1 is 1.10 bits per heavy atom. The highest BCUT2D eigenvalue weighted by Crippen LogP contribution is 2.15. The lowest BCUT2D eigenvalue weighted by Crippen LogP contribution is -2.23. The zero-order chi connectivity index (χ0) is 15.1. The maximum absolute atomic E-state index is 9.23. The number of nitrogens with one attached hydrogen (secondary N) is 1. The van der Waals surface area contributed by atoms with Crippen LogP contribution in [0, 0.1) is 6.92 Å². The van der Waals surface area contributed by atoms with Crippen molar-refractivity contribution in [2.24, 2.45) is 0 Å². The molecule has 1 unspecified atom stereocenters. The van der Waals surface area contributed by atoms with Crippen LogP contribution in [0.3, 0.4) is 0 Å². The van der Waals surface area contributed by atoms with Crippen LogP contribution in [0.1, 0.15) is 23.6 Å². The number of aryl methyl sites for hydroxylation is 1. The minimum Gasteiger partial charge on any atom is -0.489 e. The molecule has 0 saturated carbocycles. The molecule has 1 atom stereocenters. The summed E-state index contributed by atoms with van der Waals surface area (Å²) >= 11 is 0. The smallest absolute Gasteiger partial charge is 0.120 e. The molecule has 0 bridgehead atoms. The zero-order valence-corrected chi connectivity index (χ0v) is 12.7. The number of aliphatic hydroxyl groups excluding tert-OH is 1. The molecule has 0 heterocycles. The van der Waals surface area contributed by atoms with Gasteiger partial charge in [-0.1, -0.05) is 42.0 Å². The Hall–Kier alpha value is -1.84. The van der Waals surface area contributed by atoms with Crippen molar-refractivity contribution < 1.29 is 9.84 Å². The molecule has 0 aliphatic heterocycles. The lowest BCUT2D eigenvalue weighted by Gasteiger charge is -2.10. The van der Waals surface area contributed by atoms with Gasteiger partial charge in [0.1, 0.15) is 12.4 Å². The number of hydrogen-bond donors (Lipinski definition) is 2. The van der Waals surface area contributed by atoms with E-state index in [1.165, 1.54) is 11.1 Å². The minimum absolute atomic E-state index is 0.328. The fourth-order valence-corrected chi connectivity index (χ4v) is 2.02. The summed E-state index contributed by atoms with van der Waals surface area (Å²) in [5.74, 6) is 0.868. The molecule has 3 heteroatoms. The van der Waals surface area contributed by atoms with Gasteiger partial charge >= 0.3 is 0 Å². The lowest BCUT2D eigenvalue weighted by atomic mass is 10.2. The first-order chi connectivity index (χ1) is 10.1. The Balaban J connectivity index is 1.87. The first-order valence-electron chi connectivity index (χ1n) is 7.29. The van der Waals surface area contributed by atoms with Crippen molar-refractivity contribution in [2.75, 3.05) is 6.54 Å². The summed E-state index contributed by atoms with van der Waals surface area (Å²) in [5, 5.41) is 12.4. The summed E-state index contributed by atoms with van der Waals surface area (Å²) in [5.41, 5.74) is 3.57. The van der Waals surface area contributed by atoms with Crippen LogP contribution in [-0.2, 0) is 13.2 Å². The van der Waals surface area contributed by atoms with E-state index in [0.717, 1.165) is 17.9 Å². The average molecular weight is 285 g/mol. The molecule has 0 aliphatic carbocycles. The van der Waals surface area contributed by atoms with Crippen molar-refractivity contribution in [1.82, 2.24) is 5.32 Å². The number of rotatable bonds is 7. The SMILES string of the molecule is Cc1ccc(COc2cccc(CNCC(C)O)c2)cc1. The molecule has 21 heavy (non-hydrogen) atoms. The van der Waals surface area contributed by atoms with Crippen LogP contribution >= 0.6 is 0 Å². The monoisotopic (exact) mass is 285 g/mol. The van der Waals surface area contributed by atoms with E-state index in [4.69, 9.17) is 4.74 Å². The van der Waals surface area contributed by atoms with Crippen LogP contribution < -0.4 is 10.1 Å². The number of hydrogen-bond acceptors (Lipinski definition) is 3. The van der Waals surface area contributed by atoms with E-state index in [1.54, 1.807) is 6.92 Å². The fraction of sp³-hybridized carbons (Fsp3) is 0.333. The van der Waals surface area contributed by atoms with E-state index in [2.05, 4.69) is 36.5 Å². The molecule has 0 saturated heterocycles. The quantitative estimate of drug-likeness (QED) is 0.821. The van der Waals surface area contributed by atoms with Crippen molar-refractivity contribution in [1.29, 1.82) is 0 Å². The summed E-state index contributed by atoms with van der Waals surface area (Å²) in [6.45, 7) is 5.74. The van der Waals surface area contributed by atoms with Gasteiger partial charge in [-0.3, -0.25) is 0 Å². The molecule has 0 spiro atoms. The van der Waals surface area contributed by atoms with Crippen molar-refractivity contribution in [2.45, 2.75) is 33.1 Å². The Bertz CT molecular complexity index is 549. The third-order valence-corrected chi connectivity index (χ3v) is 3.19. The normalized spacial score (nSPS) is 12.1. The molecule has 2 aromatic carbocycles. The van der Waals surface area contributed by atoms with Gasteiger partial charge in [0.2, 0.25) is 0 Å². The minimum atomic E-state index is -0.328. The molecular weight excluding hydrogens is 262 g/mol. The summed E-state index contributed by atoms with van der Waals surface area (Å²) in [7, 11) is 0. The van der Waals surface area contributed by atoms with E-state index in [1.807, 2.05) is 24.3 Å². The molecule has 2 aromatic rings. The van der Waals surface area contributed by atoms with Crippen LogP contribution in [0.4, 0.5) is 0 Å². The van der Waals surface area contributed by atoms with Crippen LogP contribution in [0.5, 0.6) is 5.75 Å². The van der Waals surface area contributed by atoms with Crippen LogP contribution in [0.15, 0.2) is 48.5 Å². The van der Waals surface area contributed by atoms with Gasteiger partial charge in [-0.2, -0.15) is 0 Å². The number of ether oxygens (including phenoxy) is 1.